The number of hydrogen-bond donors (Lipinski definition) is 2. The van der Waals surface area contributed by atoms with Crippen LogP contribution in [0.4, 0.5) is 5.69 Å². The van der Waals surface area contributed by atoms with Crippen molar-refractivity contribution in [1.29, 1.82) is 0 Å². The van der Waals surface area contributed by atoms with E-state index in [1.165, 1.54) is 37.6 Å². The number of para-hydroxylation sites is 1. The van der Waals surface area contributed by atoms with Crippen molar-refractivity contribution < 1.29 is 27.4 Å². The molecule has 0 heterocycles. The number of hydrazone groups is 1. The predicted molar refractivity (Wildman–Crippen MR) is 129 cm³/mol. The van der Waals surface area contributed by atoms with Crippen LogP contribution in [0.1, 0.15) is 22.8 Å². The molecule has 3 aromatic carbocycles. The van der Waals surface area contributed by atoms with E-state index in [1.807, 2.05) is 6.92 Å². The summed E-state index contributed by atoms with van der Waals surface area (Å²) in [7, 11) is -0.875. The number of amides is 1. The van der Waals surface area contributed by atoms with Gasteiger partial charge in [0.05, 0.1) is 43.2 Å². The Kier molecular flexibility index (Phi) is 8.10. The van der Waals surface area contributed by atoms with E-state index in [0.29, 0.717) is 29.4 Å². The molecule has 0 radical (unpaired) electrons. The second-order valence-corrected chi connectivity index (χ2v) is 8.54. The molecule has 0 aliphatic carbocycles. The van der Waals surface area contributed by atoms with Gasteiger partial charge in [0.1, 0.15) is 17.2 Å². The van der Waals surface area contributed by atoms with Gasteiger partial charge in [0, 0.05) is 11.6 Å². The predicted octanol–water partition coefficient (Wildman–Crippen LogP) is 3.67. The van der Waals surface area contributed by atoms with Crippen molar-refractivity contribution >= 4 is 27.8 Å². The highest BCUT2D eigenvalue weighted by atomic mass is 32.2. The van der Waals surface area contributed by atoms with Crippen molar-refractivity contribution in [2.75, 3.05) is 25.5 Å². The molecule has 0 bridgehead atoms. The van der Waals surface area contributed by atoms with Crippen LogP contribution in [0.5, 0.6) is 17.2 Å². The first kappa shape index (κ1) is 24.6. The van der Waals surface area contributed by atoms with Crippen LogP contribution in [0.3, 0.4) is 0 Å². The third-order valence-electron chi connectivity index (χ3n) is 4.67. The smallest absolute Gasteiger partial charge is 0.273 e. The third-order valence-corrected chi connectivity index (χ3v) is 6.05. The third kappa shape index (κ3) is 6.04. The van der Waals surface area contributed by atoms with Crippen LogP contribution in [-0.4, -0.2) is 41.4 Å². The summed E-state index contributed by atoms with van der Waals surface area (Å²) in [5.74, 6) is 1.11. The first-order valence-electron chi connectivity index (χ1n) is 10.3. The Morgan fingerprint density at radius 1 is 0.971 bits per heavy atom. The molecule has 0 saturated carbocycles. The largest absolute Gasteiger partial charge is 0.497 e. The van der Waals surface area contributed by atoms with Crippen molar-refractivity contribution in [1.82, 2.24) is 5.43 Å². The topological polar surface area (TPSA) is 115 Å². The normalized spacial score (nSPS) is 11.1. The van der Waals surface area contributed by atoms with Gasteiger partial charge in [-0.3, -0.25) is 9.52 Å². The van der Waals surface area contributed by atoms with Gasteiger partial charge in [0.2, 0.25) is 0 Å². The van der Waals surface area contributed by atoms with Crippen LogP contribution in [0.15, 0.2) is 76.7 Å². The van der Waals surface area contributed by atoms with E-state index in [2.05, 4.69) is 15.2 Å². The second kappa shape index (κ2) is 11.2. The number of benzene rings is 3. The maximum absolute atomic E-state index is 12.8. The monoisotopic (exact) mass is 483 g/mol. The molecule has 3 aromatic rings. The van der Waals surface area contributed by atoms with Crippen LogP contribution in [-0.2, 0) is 10.0 Å². The lowest BCUT2D eigenvalue weighted by Crippen LogP contribution is -2.21. The molecule has 178 valence electrons. The van der Waals surface area contributed by atoms with Gasteiger partial charge in [-0.2, -0.15) is 5.10 Å². The van der Waals surface area contributed by atoms with Crippen LogP contribution in [0.25, 0.3) is 0 Å². The summed E-state index contributed by atoms with van der Waals surface area (Å²) in [5, 5.41) is 3.97. The molecule has 0 unspecified atom stereocenters. The molecule has 0 aromatic heterocycles. The Bertz CT molecular complexity index is 1270. The van der Waals surface area contributed by atoms with Gasteiger partial charge in [-0.05, 0) is 55.5 Å². The molecular formula is C24H25N3O6S. The fourth-order valence-corrected chi connectivity index (χ4v) is 4.08. The number of sulfonamides is 1. The second-order valence-electron chi connectivity index (χ2n) is 6.86. The van der Waals surface area contributed by atoms with Gasteiger partial charge < -0.3 is 14.2 Å². The molecular weight excluding hydrogens is 458 g/mol. The Hall–Kier alpha value is -4.05. The molecule has 34 heavy (non-hydrogen) atoms. The van der Waals surface area contributed by atoms with Crippen LogP contribution in [0, 0.1) is 0 Å². The van der Waals surface area contributed by atoms with E-state index in [0.717, 1.165) is 0 Å². The zero-order chi connectivity index (χ0) is 24.6. The van der Waals surface area contributed by atoms with Gasteiger partial charge in [-0.15, -0.1) is 0 Å². The number of rotatable bonds is 10. The fraction of sp³-hybridized carbons (Fsp3) is 0.167. The maximum Gasteiger partial charge on any atom is 0.273 e. The standard InChI is InChI=1S/C24H25N3O6S/c1-4-33-18-11-13-20(14-12-18)34(29,30)27-22-8-6-5-7-21(22)24(28)26-25-16-17-9-10-19(31-2)15-23(17)32-3/h5-16,27H,4H2,1-3H3,(H,26,28). The molecule has 0 aliphatic rings. The summed E-state index contributed by atoms with van der Waals surface area (Å²) in [6.07, 6.45) is 1.42. The number of hydrogen-bond acceptors (Lipinski definition) is 7. The minimum absolute atomic E-state index is 0.0378. The Morgan fingerprint density at radius 3 is 2.35 bits per heavy atom. The van der Waals surface area contributed by atoms with Crippen molar-refractivity contribution in [3.05, 3.63) is 77.9 Å². The molecule has 0 aliphatic heterocycles. The lowest BCUT2D eigenvalue weighted by atomic mass is 10.2. The molecule has 0 saturated heterocycles. The number of carbonyl (C=O) groups excluding carboxylic acids is 1. The van der Waals surface area contributed by atoms with Crippen LogP contribution in [0.2, 0.25) is 0 Å². The number of nitrogens with zero attached hydrogens (tertiary/aromatic N) is 1. The van der Waals surface area contributed by atoms with Gasteiger partial charge in [-0.1, -0.05) is 12.1 Å². The van der Waals surface area contributed by atoms with E-state index < -0.39 is 15.9 Å². The Labute approximate surface area is 198 Å². The lowest BCUT2D eigenvalue weighted by Gasteiger charge is -2.12. The molecule has 2 N–H and O–H groups in total. The summed E-state index contributed by atoms with van der Waals surface area (Å²) in [4.78, 5) is 12.8. The van der Waals surface area contributed by atoms with E-state index in [9.17, 15) is 13.2 Å². The highest BCUT2D eigenvalue weighted by molar-refractivity contribution is 7.92. The highest BCUT2D eigenvalue weighted by Gasteiger charge is 2.18. The highest BCUT2D eigenvalue weighted by Crippen LogP contribution is 2.24. The molecule has 10 heteroatoms. The molecule has 0 atom stereocenters. The minimum Gasteiger partial charge on any atom is -0.497 e. The molecule has 0 spiro atoms. The van der Waals surface area contributed by atoms with Crippen molar-refractivity contribution in [3.8, 4) is 17.2 Å². The van der Waals surface area contributed by atoms with Crippen LogP contribution >= 0.6 is 0 Å². The van der Waals surface area contributed by atoms with Gasteiger partial charge in [-0.25, -0.2) is 13.8 Å². The Morgan fingerprint density at radius 2 is 1.68 bits per heavy atom. The van der Waals surface area contributed by atoms with Crippen molar-refractivity contribution in [2.45, 2.75) is 11.8 Å². The number of carbonyl (C=O) groups is 1. The average molecular weight is 484 g/mol. The minimum atomic E-state index is -3.93. The number of nitrogens with one attached hydrogen (secondary N) is 2. The van der Waals surface area contributed by atoms with Gasteiger partial charge >= 0.3 is 0 Å². The van der Waals surface area contributed by atoms with E-state index in [-0.39, 0.29) is 16.1 Å². The van der Waals surface area contributed by atoms with Crippen molar-refractivity contribution in [3.63, 3.8) is 0 Å². The van der Waals surface area contributed by atoms with Gasteiger partial charge in [0.25, 0.3) is 15.9 Å². The lowest BCUT2D eigenvalue weighted by molar-refractivity contribution is 0.0956. The molecule has 0 fully saturated rings. The quantitative estimate of drug-likeness (QED) is 0.336. The number of methoxy groups -OCH3 is 2. The number of ether oxygens (including phenoxy) is 3. The summed E-state index contributed by atoms with van der Waals surface area (Å²) in [5.41, 5.74) is 3.25. The Balaban J connectivity index is 1.75. The van der Waals surface area contributed by atoms with E-state index >= 15 is 0 Å². The number of anilines is 1. The molecule has 3 rings (SSSR count). The first-order chi connectivity index (χ1) is 16.4. The van der Waals surface area contributed by atoms with Crippen molar-refractivity contribution in [2.24, 2.45) is 5.10 Å². The molecule has 9 nitrogen and oxygen atoms in total. The summed E-state index contributed by atoms with van der Waals surface area (Å²) in [6, 6.07) is 17.4. The average Bonchev–Trinajstić information content (AvgIpc) is 2.84. The maximum atomic E-state index is 12.8. The zero-order valence-corrected chi connectivity index (χ0v) is 19.8. The summed E-state index contributed by atoms with van der Waals surface area (Å²) in [6.45, 7) is 2.31. The van der Waals surface area contributed by atoms with E-state index in [4.69, 9.17) is 14.2 Å². The zero-order valence-electron chi connectivity index (χ0n) is 18.9. The van der Waals surface area contributed by atoms with Gasteiger partial charge in [0.15, 0.2) is 0 Å². The molecule has 1 amide bonds. The summed E-state index contributed by atoms with van der Waals surface area (Å²) >= 11 is 0. The van der Waals surface area contributed by atoms with Crippen LogP contribution < -0.4 is 24.4 Å². The first-order valence-corrected chi connectivity index (χ1v) is 11.8. The van der Waals surface area contributed by atoms with E-state index in [1.54, 1.807) is 49.6 Å². The summed E-state index contributed by atoms with van der Waals surface area (Å²) < 4.78 is 43.9. The SMILES string of the molecule is CCOc1ccc(S(=O)(=O)Nc2ccccc2C(=O)NN=Cc2ccc(OC)cc2OC)cc1. The fourth-order valence-electron chi connectivity index (χ4n) is 3.00.